The number of hydrogen-bond acceptors (Lipinski definition) is 4. The third-order valence-electron chi connectivity index (χ3n) is 8.09. The van der Waals surface area contributed by atoms with Gasteiger partial charge in [0, 0.05) is 43.2 Å². The van der Waals surface area contributed by atoms with Crippen LogP contribution in [0.25, 0.3) is 17.0 Å². The van der Waals surface area contributed by atoms with Gasteiger partial charge in [0.2, 0.25) is 0 Å². The zero-order valence-electron chi connectivity index (χ0n) is 22.9. The summed E-state index contributed by atoms with van der Waals surface area (Å²) in [5.74, 6) is 0.538. The fourth-order valence-electron chi connectivity index (χ4n) is 6.51. The highest BCUT2D eigenvalue weighted by Crippen LogP contribution is 2.39. The molecule has 7 heteroatoms. The Morgan fingerprint density at radius 3 is 2.57 bits per heavy atom. The van der Waals surface area contributed by atoms with E-state index in [-0.39, 0.29) is 23.6 Å². The first-order valence-electron chi connectivity index (χ1n) is 14.1. The average Bonchev–Trinajstić information content (AvgIpc) is 3.14. The standard InChI is InChI=1S/C30H42N4O3/c1-22(2)37-29(36)34-25-13-7-6-12-24(25)27-26(34)14-18-33(21-30(27,3)4)28(35)32-17-10-11-23(20-32)19-31-15-8-5-9-16-31/h6-7,12-14,18,22-23H,5,8-11,15-17,19-21H2,1-4H3/t23-/m0/s1. The van der Waals surface area contributed by atoms with Gasteiger partial charge in [0.25, 0.3) is 0 Å². The second-order valence-electron chi connectivity index (χ2n) is 12.0. The zero-order valence-corrected chi connectivity index (χ0v) is 22.9. The number of para-hydroxylation sites is 1. The number of carbonyl (C=O) groups is 2. The molecule has 1 atom stereocenters. The quantitative estimate of drug-likeness (QED) is 0.519. The number of hydrogen-bond donors (Lipinski definition) is 0. The minimum absolute atomic E-state index is 0.0680. The maximum absolute atomic E-state index is 13.8. The van der Waals surface area contributed by atoms with Crippen LogP contribution in [-0.4, -0.2) is 76.8 Å². The van der Waals surface area contributed by atoms with E-state index in [1.54, 1.807) is 4.57 Å². The van der Waals surface area contributed by atoms with Crippen LogP contribution in [0.15, 0.2) is 30.5 Å². The number of rotatable bonds is 3. The minimum Gasteiger partial charge on any atom is -0.446 e. The van der Waals surface area contributed by atoms with E-state index in [9.17, 15) is 9.59 Å². The van der Waals surface area contributed by atoms with E-state index in [4.69, 9.17) is 4.74 Å². The van der Waals surface area contributed by atoms with Crippen LogP contribution in [0, 0.1) is 5.92 Å². The van der Waals surface area contributed by atoms with Gasteiger partial charge >= 0.3 is 12.1 Å². The lowest BCUT2D eigenvalue weighted by molar-refractivity contribution is 0.114. The molecule has 1 aromatic carbocycles. The number of urea groups is 1. The van der Waals surface area contributed by atoms with Crippen molar-refractivity contribution in [3.8, 4) is 0 Å². The van der Waals surface area contributed by atoms with E-state index in [2.05, 4.69) is 24.8 Å². The molecule has 0 bridgehead atoms. The monoisotopic (exact) mass is 506 g/mol. The summed E-state index contributed by atoms with van der Waals surface area (Å²) in [7, 11) is 0. The SMILES string of the molecule is CC(C)OC(=O)n1c2c(c3ccccc31)C(C)(C)CN(C(=O)N1CCC[C@@H](CN3CCCCC3)C1)C=C2. The molecule has 0 spiro atoms. The largest absolute Gasteiger partial charge is 0.446 e. The van der Waals surface area contributed by atoms with Gasteiger partial charge < -0.3 is 19.4 Å². The number of fused-ring (bicyclic) bond motifs is 3. The van der Waals surface area contributed by atoms with Crippen molar-refractivity contribution in [1.29, 1.82) is 0 Å². The fraction of sp³-hybridized carbons (Fsp3) is 0.600. The molecule has 7 nitrogen and oxygen atoms in total. The van der Waals surface area contributed by atoms with Crippen molar-refractivity contribution in [1.82, 2.24) is 19.3 Å². The number of benzene rings is 1. The Bertz CT molecular complexity index is 1170. The summed E-state index contributed by atoms with van der Waals surface area (Å²) < 4.78 is 7.29. The summed E-state index contributed by atoms with van der Waals surface area (Å²) in [6, 6.07) is 8.05. The first-order valence-corrected chi connectivity index (χ1v) is 14.1. The van der Waals surface area contributed by atoms with Crippen molar-refractivity contribution in [2.45, 2.75) is 71.3 Å². The van der Waals surface area contributed by atoms with Crippen molar-refractivity contribution < 1.29 is 14.3 Å². The number of ether oxygens (including phenoxy) is 1. The third-order valence-corrected chi connectivity index (χ3v) is 8.09. The molecule has 0 saturated carbocycles. The van der Waals surface area contributed by atoms with Crippen LogP contribution in [0.5, 0.6) is 0 Å². The summed E-state index contributed by atoms with van der Waals surface area (Å²) >= 11 is 0. The highest BCUT2D eigenvalue weighted by Gasteiger charge is 2.37. The number of aromatic nitrogens is 1. The summed E-state index contributed by atoms with van der Waals surface area (Å²) in [4.78, 5) is 33.5. The molecule has 0 N–H and O–H groups in total. The van der Waals surface area contributed by atoms with Crippen LogP contribution in [0.3, 0.4) is 0 Å². The maximum atomic E-state index is 13.8. The Kier molecular flexibility index (Phi) is 7.35. The molecular weight excluding hydrogens is 464 g/mol. The summed E-state index contributed by atoms with van der Waals surface area (Å²) in [6.45, 7) is 13.7. The number of piperidine rings is 2. The molecule has 200 valence electrons. The molecule has 4 heterocycles. The van der Waals surface area contributed by atoms with Gasteiger partial charge in [0.1, 0.15) is 0 Å². The van der Waals surface area contributed by atoms with Crippen molar-refractivity contribution in [3.05, 3.63) is 41.7 Å². The van der Waals surface area contributed by atoms with Crippen LogP contribution >= 0.6 is 0 Å². The second-order valence-corrected chi connectivity index (χ2v) is 12.0. The molecule has 2 amide bonds. The molecule has 1 aromatic heterocycles. The van der Waals surface area contributed by atoms with Gasteiger partial charge in [-0.25, -0.2) is 14.2 Å². The number of likely N-dealkylation sites (tertiary alicyclic amines) is 2. The lowest BCUT2D eigenvalue weighted by Crippen LogP contribution is -2.50. The summed E-state index contributed by atoms with van der Waals surface area (Å²) in [5, 5.41) is 1.03. The van der Waals surface area contributed by atoms with Crippen molar-refractivity contribution in [3.63, 3.8) is 0 Å². The van der Waals surface area contributed by atoms with Gasteiger partial charge in [-0.1, -0.05) is 38.5 Å². The van der Waals surface area contributed by atoms with Crippen molar-refractivity contribution in [2.75, 3.05) is 39.3 Å². The molecule has 2 fully saturated rings. The number of carbonyl (C=O) groups excluding carboxylic acids is 2. The van der Waals surface area contributed by atoms with E-state index in [0.29, 0.717) is 12.5 Å². The molecule has 3 aliphatic rings. The first-order chi connectivity index (χ1) is 17.7. The lowest BCUT2D eigenvalue weighted by Gasteiger charge is -2.39. The van der Waals surface area contributed by atoms with E-state index in [1.807, 2.05) is 54.1 Å². The molecule has 0 radical (unpaired) electrons. The molecular formula is C30H42N4O3. The molecule has 2 saturated heterocycles. The lowest BCUT2D eigenvalue weighted by atomic mass is 9.82. The van der Waals surface area contributed by atoms with Crippen molar-refractivity contribution >= 4 is 29.1 Å². The van der Waals surface area contributed by atoms with Crippen LogP contribution in [-0.2, 0) is 10.2 Å². The first kappa shape index (κ1) is 25.8. The molecule has 0 aliphatic carbocycles. The summed E-state index contributed by atoms with van der Waals surface area (Å²) in [5.41, 5.74) is 2.36. The predicted octanol–water partition coefficient (Wildman–Crippen LogP) is 5.92. The van der Waals surface area contributed by atoms with Gasteiger partial charge in [0.05, 0.1) is 17.3 Å². The summed E-state index contributed by atoms with van der Waals surface area (Å²) in [6.07, 6.45) is 9.39. The predicted molar refractivity (Wildman–Crippen MR) is 148 cm³/mol. The van der Waals surface area contributed by atoms with E-state index in [0.717, 1.165) is 48.2 Å². The van der Waals surface area contributed by atoms with Crippen LogP contribution < -0.4 is 0 Å². The van der Waals surface area contributed by atoms with Crippen LogP contribution in [0.4, 0.5) is 9.59 Å². The van der Waals surface area contributed by atoms with Gasteiger partial charge in [-0.2, -0.15) is 0 Å². The smallest absolute Gasteiger partial charge is 0.419 e. The molecule has 37 heavy (non-hydrogen) atoms. The fourth-order valence-corrected chi connectivity index (χ4v) is 6.51. The van der Waals surface area contributed by atoms with E-state index < -0.39 is 0 Å². The Hall–Kier alpha value is -2.80. The topological polar surface area (TPSA) is 58.0 Å². The molecule has 5 rings (SSSR count). The highest BCUT2D eigenvalue weighted by atomic mass is 16.6. The Labute approximate surface area is 221 Å². The zero-order chi connectivity index (χ0) is 26.2. The number of nitrogens with zero attached hydrogens (tertiary/aromatic N) is 4. The molecule has 3 aliphatic heterocycles. The Balaban J connectivity index is 1.41. The van der Waals surface area contributed by atoms with Gasteiger partial charge in [0.15, 0.2) is 0 Å². The van der Waals surface area contributed by atoms with Crippen LogP contribution in [0.2, 0.25) is 0 Å². The average molecular weight is 507 g/mol. The van der Waals surface area contributed by atoms with Crippen LogP contribution in [0.1, 0.15) is 71.1 Å². The van der Waals surface area contributed by atoms with E-state index >= 15 is 0 Å². The van der Waals surface area contributed by atoms with Gasteiger partial charge in [-0.05, 0) is 76.2 Å². The Morgan fingerprint density at radius 2 is 1.81 bits per heavy atom. The van der Waals surface area contributed by atoms with Gasteiger partial charge in [-0.3, -0.25) is 0 Å². The third kappa shape index (κ3) is 5.28. The molecule has 0 unspecified atom stereocenters. The van der Waals surface area contributed by atoms with Gasteiger partial charge in [-0.15, -0.1) is 0 Å². The number of amides is 2. The Morgan fingerprint density at radius 1 is 1.05 bits per heavy atom. The maximum Gasteiger partial charge on any atom is 0.419 e. The molecule has 2 aromatic rings. The van der Waals surface area contributed by atoms with Crippen molar-refractivity contribution in [2.24, 2.45) is 5.92 Å². The minimum atomic E-state index is -0.385. The van der Waals surface area contributed by atoms with E-state index in [1.165, 1.54) is 38.8 Å². The second kappa shape index (κ2) is 10.5. The highest BCUT2D eigenvalue weighted by molar-refractivity contribution is 5.97. The normalized spacial score (nSPS) is 22.2.